The van der Waals surface area contributed by atoms with Crippen LogP contribution in [-0.4, -0.2) is 45.2 Å². The number of aliphatic carboxylic acids is 1. The maximum Gasteiger partial charge on any atom is 0.324 e. The summed E-state index contributed by atoms with van der Waals surface area (Å²) in [7, 11) is 0. The molecule has 0 radical (unpaired) electrons. The van der Waals surface area contributed by atoms with E-state index in [0.29, 0.717) is 5.69 Å². The monoisotopic (exact) mass is 256 g/mol. The van der Waals surface area contributed by atoms with E-state index in [1.54, 1.807) is 6.20 Å². The van der Waals surface area contributed by atoms with Crippen molar-refractivity contribution in [3.05, 3.63) is 18.2 Å². The number of nitrogens with zero attached hydrogens (tertiary/aromatic N) is 1. The molecular formula is C10H16N4O4. The molecule has 0 aliphatic heterocycles. The van der Waals surface area contributed by atoms with Crippen molar-refractivity contribution in [3.63, 3.8) is 0 Å². The SMILES string of the molecule is C[C@@H](OC(=O)[C@@H](N)Cc1cnc[nH]1)[C@H](N)C(=O)O. The highest BCUT2D eigenvalue weighted by molar-refractivity contribution is 5.78. The average Bonchev–Trinajstić information content (AvgIpc) is 2.80. The smallest absolute Gasteiger partial charge is 0.324 e. The Balaban J connectivity index is 2.47. The fourth-order valence-corrected chi connectivity index (χ4v) is 1.26. The molecule has 18 heavy (non-hydrogen) atoms. The van der Waals surface area contributed by atoms with Crippen LogP contribution in [-0.2, 0) is 20.7 Å². The number of H-pyrrole nitrogens is 1. The van der Waals surface area contributed by atoms with E-state index in [-0.39, 0.29) is 6.42 Å². The summed E-state index contributed by atoms with van der Waals surface area (Å²) in [5.41, 5.74) is 11.6. The highest BCUT2D eigenvalue weighted by atomic mass is 16.5. The molecule has 1 aromatic heterocycles. The minimum Gasteiger partial charge on any atom is -0.480 e. The Morgan fingerprint density at radius 2 is 2.22 bits per heavy atom. The van der Waals surface area contributed by atoms with Gasteiger partial charge in [-0.2, -0.15) is 0 Å². The number of nitrogens with one attached hydrogen (secondary N) is 1. The Morgan fingerprint density at radius 3 is 2.72 bits per heavy atom. The van der Waals surface area contributed by atoms with E-state index >= 15 is 0 Å². The summed E-state index contributed by atoms with van der Waals surface area (Å²) >= 11 is 0. The number of esters is 1. The minimum atomic E-state index is -1.27. The molecule has 1 aromatic rings. The number of carbonyl (C=O) groups excluding carboxylic acids is 1. The molecule has 0 aliphatic rings. The van der Waals surface area contributed by atoms with Crippen LogP contribution in [0.5, 0.6) is 0 Å². The Kier molecular flexibility index (Phi) is 4.81. The number of imidazole rings is 1. The molecule has 1 rings (SSSR count). The summed E-state index contributed by atoms with van der Waals surface area (Å²) in [5, 5.41) is 8.65. The lowest BCUT2D eigenvalue weighted by atomic mass is 10.1. The highest BCUT2D eigenvalue weighted by Gasteiger charge is 2.26. The third-order valence-corrected chi connectivity index (χ3v) is 2.39. The number of hydrogen-bond donors (Lipinski definition) is 4. The van der Waals surface area contributed by atoms with E-state index in [1.807, 2.05) is 0 Å². The molecule has 0 aliphatic carbocycles. The fraction of sp³-hybridized carbons (Fsp3) is 0.500. The van der Waals surface area contributed by atoms with Crippen molar-refractivity contribution in [1.29, 1.82) is 0 Å². The van der Waals surface area contributed by atoms with E-state index < -0.39 is 30.1 Å². The lowest BCUT2D eigenvalue weighted by molar-refractivity contribution is -0.154. The molecule has 0 saturated heterocycles. The Hall–Kier alpha value is -1.93. The molecule has 1 heterocycles. The van der Waals surface area contributed by atoms with Crippen LogP contribution in [0, 0.1) is 0 Å². The van der Waals surface area contributed by atoms with Crippen molar-refractivity contribution >= 4 is 11.9 Å². The van der Waals surface area contributed by atoms with Crippen molar-refractivity contribution in [2.75, 3.05) is 0 Å². The van der Waals surface area contributed by atoms with Crippen LogP contribution in [0.25, 0.3) is 0 Å². The first kappa shape index (κ1) is 14.1. The predicted molar refractivity (Wildman–Crippen MR) is 61.4 cm³/mol. The van der Waals surface area contributed by atoms with Gasteiger partial charge < -0.3 is 26.3 Å². The molecule has 0 saturated carbocycles. The van der Waals surface area contributed by atoms with Crippen molar-refractivity contribution in [2.24, 2.45) is 11.5 Å². The molecule has 6 N–H and O–H groups in total. The zero-order chi connectivity index (χ0) is 13.7. The summed E-state index contributed by atoms with van der Waals surface area (Å²) in [4.78, 5) is 28.7. The van der Waals surface area contributed by atoms with Crippen LogP contribution in [0.4, 0.5) is 0 Å². The number of nitrogens with two attached hydrogens (primary N) is 2. The number of carboxylic acids is 1. The largest absolute Gasteiger partial charge is 0.480 e. The highest BCUT2D eigenvalue weighted by Crippen LogP contribution is 2.03. The van der Waals surface area contributed by atoms with Crippen molar-refractivity contribution < 1.29 is 19.4 Å². The Morgan fingerprint density at radius 1 is 1.56 bits per heavy atom. The Bertz CT molecular complexity index is 406. The van der Waals surface area contributed by atoms with Crippen molar-refractivity contribution in [3.8, 4) is 0 Å². The zero-order valence-electron chi connectivity index (χ0n) is 9.87. The molecule has 3 atom stereocenters. The molecule has 0 amide bonds. The lowest BCUT2D eigenvalue weighted by Gasteiger charge is -2.19. The van der Waals surface area contributed by atoms with Gasteiger partial charge in [-0.1, -0.05) is 0 Å². The van der Waals surface area contributed by atoms with E-state index in [1.165, 1.54) is 13.3 Å². The first-order valence-corrected chi connectivity index (χ1v) is 5.33. The summed E-state index contributed by atoms with van der Waals surface area (Å²) in [5.74, 6) is -1.94. The molecular weight excluding hydrogens is 240 g/mol. The van der Waals surface area contributed by atoms with Gasteiger partial charge in [-0.25, -0.2) is 4.98 Å². The van der Waals surface area contributed by atoms with Crippen LogP contribution >= 0.6 is 0 Å². The molecule has 0 aromatic carbocycles. The number of rotatable bonds is 6. The second-order valence-electron chi connectivity index (χ2n) is 3.89. The normalized spacial score (nSPS) is 15.7. The van der Waals surface area contributed by atoms with Gasteiger partial charge in [-0.3, -0.25) is 9.59 Å². The minimum absolute atomic E-state index is 0.230. The lowest BCUT2D eigenvalue weighted by Crippen LogP contribution is -2.45. The fourth-order valence-electron chi connectivity index (χ4n) is 1.26. The zero-order valence-corrected chi connectivity index (χ0v) is 9.87. The van der Waals surface area contributed by atoms with Gasteiger partial charge in [0.1, 0.15) is 18.2 Å². The number of ether oxygens (including phenoxy) is 1. The number of aromatic amines is 1. The van der Waals surface area contributed by atoms with Crippen LogP contribution in [0.15, 0.2) is 12.5 Å². The van der Waals surface area contributed by atoms with Crippen LogP contribution in [0.2, 0.25) is 0 Å². The van der Waals surface area contributed by atoms with Crippen LogP contribution < -0.4 is 11.5 Å². The number of hydrogen-bond acceptors (Lipinski definition) is 6. The van der Waals surface area contributed by atoms with Gasteiger partial charge in [0, 0.05) is 18.3 Å². The number of aromatic nitrogens is 2. The maximum absolute atomic E-state index is 11.6. The summed E-state index contributed by atoms with van der Waals surface area (Å²) in [6.45, 7) is 1.40. The summed E-state index contributed by atoms with van der Waals surface area (Å²) in [6, 6.07) is -2.16. The second-order valence-corrected chi connectivity index (χ2v) is 3.89. The van der Waals surface area contributed by atoms with Crippen LogP contribution in [0.3, 0.4) is 0 Å². The third-order valence-electron chi connectivity index (χ3n) is 2.39. The van der Waals surface area contributed by atoms with Crippen LogP contribution in [0.1, 0.15) is 12.6 Å². The number of carboxylic acid groups (broad SMARTS) is 1. The van der Waals surface area contributed by atoms with E-state index in [4.69, 9.17) is 21.3 Å². The summed E-state index contributed by atoms with van der Waals surface area (Å²) < 4.78 is 4.88. The standard InChI is InChI=1S/C10H16N4O4/c1-5(8(12)9(15)16)18-10(17)7(11)2-6-3-13-4-14-6/h3-5,7-8H,2,11-12H2,1H3,(H,13,14)(H,15,16)/t5-,7+,8+/m1/s1. The maximum atomic E-state index is 11.6. The second kappa shape index (κ2) is 6.12. The topological polar surface area (TPSA) is 144 Å². The van der Waals surface area contributed by atoms with Gasteiger partial charge in [0.05, 0.1) is 6.33 Å². The van der Waals surface area contributed by atoms with Gasteiger partial charge in [-0.05, 0) is 6.92 Å². The first-order valence-electron chi connectivity index (χ1n) is 5.33. The van der Waals surface area contributed by atoms with E-state index in [0.717, 1.165) is 0 Å². The third kappa shape index (κ3) is 3.82. The van der Waals surface area contributed by atoms with Crippen molar-refractivity contribution in [1.82, 2.24) is 9.97 Å². The molecule has 0 unspecified atom stereocenters. The van der Waals surface area contributed by atoms with Gasteiger partial charge in [0.15, 0.2) is 0 Å². The Labute approximate surface area is 103 Å². The molecule has 8 heteroatoms. The molecule has 8 nitrogen and oxygen atoms in total. The molecule has 0 fully saturated rings. The van der Waals surface area contributed by atoms with Gasteiger partial charge in [0.2, 0.25) is 0 Å². The average molecular weight is 256 g/mol. The van der Waals surface area contributed by atoms with Gasteiger partial charge in [0.25, 0.3) is 0 Å². The van der Waals surface area contributed by atoms with Crippen molar-refractivity contribution in [2.45, 2.75) is 31.5 Å². The van der Waals surface area contributed by atoms with Gasteiger partial charge in [-0.15, -0.1) is 0 Å². The molecule has 0 bridgehead atoms. The predicted octanol–water partition coefficient (Wildman–Crippen LogP) is -1.38. The summed E-state index contributed by atoms with van der Waals surface area (Å²) in [6.07, 6.45) is 2.30. The molecule has 0 spiro atoms. The van der Waals surface area contributed by atoms with E-state index in [2.05, 4.69) is 9.97 Å². The van der Waals surface area contributed by atoms with Gasteiger partial charge >= 0.3 is 11.9 Å². The first-order chi connectivity index (χ1) is 8.41. The van der Waals surface area contributed by atoms with E-state index in [9.17, 15) is 9.59 Å². The number of carbonyl (C=O) groups is 2. The molecule has 100 valence electrons. The quantitative estimate of drug-likeness (QED) is 0.459.